The van der Waals surface area contributed by atoms with E-state index in [9.17, 15) is 9.18 Å². The van der Waals surface area contributed by atoms with Gasteiger partial charge in [-0.2, -0.15) is 0 Å². The molecule has 0 atom stereocenters. The molecule has 1 aromatic rings. The Morgan fingerprint density at radius 1 is 1.62 bits per heavy atom. The highest BCUT2D eigenvalue weighted by Gasteiger charge is 2.25. The molecule has 16 heavy (non-hydrogen) atoms. The first kappa shape index (κ1) is 11.4. The minimum absolute atomic E-state index is 0.0887. The zero-order valence-electron chi connectivity index (χ0n) is 9.00. The van der Waals surface area contributed by atoms with Crippen molar-refractivity contribution in [2.75, 3.05) is 30.8 Å². The molecule has 1 N–H and O–H groups in total. The summed E-state index contributed by atoms with van der Waals surface area (Å²) in [5.41, 5.74) is 0.430. The molecule has 0 radical (unpaired) electrons. The van der Waals surface area contributed by atoms with Gasteiger partial charge in [-0.25, -0.2) is 4.39 Å². The molecule has 0 fully saturated rings. The number of halogens is 1. The summed E-state index contributed by atoms with van der Waals surface area (Å²) in [6.45, 7) is 0.803. The van der Waals surface area contributed by atoms with Crippen LogP contribution in [-0.2, 0) is 4.79 Å². The van der Waals surface area contributed by atoms with E-state index in [-0.39, 0.29) is 18.3 Å². The second-order valence-electron chi connectivity index (χ2n) is 3.51. The molecule has 1 amide bonds. The third kappa shape index (κ3) is 2.05. The summed E-state index contributed by atoms with van der Waals surface area (Å²) in [4.78, 5) is 14.2. The number of thioether (sulfide) groups is 1. The monoisotopic (exact) mass is 240 g/mol. The van der Waals surface area contributed by atoms with Gasteiger partial charge < -0.3 is 10.2 Å². The average molecular weight is 240 g/mol. The summed E-state index contributed by atoms with van der Waals surface area (Å²) in [6.07, 6.45) is 0. The van der Waals surface area contributed by atoms with Crippen molar-refractivity contribution in [3.8, 4) is 0 Å². The zero-order valence-corrected chi connectivity index (χ0v) is 9.81. The first-order valence-corrected chi connectivity index (χ1v) is 6.09. The second kappa shape index (κ2) is 4.84. The lowest BCUT2D eigenvalue weighted by molar-refractivity contribution is -0.117. The van der Waals surface area contributed by atoms with E-state index >= 15 is 0 Å². The van der Waals surface area contributed by atoms with Crippen molar-refractivity contribution in [2.45, 2.75) is 4.90 Å². The van der Waals surface area contributed by atoms with Gasteiger partial charge in [-0.05, 0) is 19.2 Å². The highest BCUT2D eigenvalue weighted by Crippen LogP contribution is 2.36. The molecule has 0 unspecified atom stereocenters. The number of hydrogen-bond donors (Lipinski definition) is 1. The van der Waals surface area contributed by atoms with Gasteiger partial charge in [-0.1, -0.05) is 6.07 Å². The first-order chi connectivity index (χ1) is 7.74. The van der Waals surface area contributed by atoms with Crippen LogP contribution in [0.2, 0.25) is 0 Å². The molecule has 0 bridgehead atoms. The van der Waals surface area contributed by atoms with Gasteiger partial charge in [0.1, 0.15) is 5.82 Å². The van der Waals surface area contributed by atoms with Gasteiger partial charge in [0.15, 0.2) is 0 Å². The largest absolute Gasteiger partial charge is 0.311 e. The number of hydrogen-bond acceptors (Lipinski definition) is 3. The highest BCUT2D eigenvalue weighted by molar-refractivity contribution is 7.99. The fraction of sp³-hybridized carbons (Fsp3) is 0.364. The van der Waals surface area contributed by atoms with Gasteiger partial charge in [0.25, 0.3) is 0 Å². The van der Waals surface area contributed by atoms with Crippen LogP contribution in [-0.4, -0.2) is 31.8 Å². The lowest BCUT2D eigenvalue weighted by Gasteiger charge is -2.29. The van der Waals surface area contributed by atoms with Crippen molar-refractivity contribution in [2.24, 2.45) is 0 Å². The van der Waals surface area contributed by atoms with Gasteiger partial charge >= 0.3 is 0 Å². The number of carbonyl (C=O) groups excluding carboxylic acids is 1. The van der Waals surface area contributed by atoms with E-state index in [4.69, 9.17) is 0 Å². The summed E-state index contributed by atoms with van der Waals surface area (Å²) in [7, 11) is 1.71. The van der Waals surface area contributed by atoms with Crippen LogP contribution in [0.25, 0.3) is 0 Å². The quantitative estimate of drug-likeness (QED) is 0.850. The number of nitrogens with one attached hydrogen (secondary N) is 1. The predicted octanol–water partition coefficient (Wildman–Crippen LogP) is 1.48. The number of likely N-dealkylation sites (N-methyl/N-ethyl adjacent to an activating group) is 1. The second-order valence-corrected chi connectivity index (χ2v) is 4.65. The Bertz CT molecular complexity index is 411. The van der Waals surface area contributed by atoms with Gasteiger partial charge in [0, 0.05) is 17.2 Å². The molecule has 0 aromatic heterocycles. The van der Waals surface area contributed by atoms with Crippen LogP contribution in [0.1, 0.15) is 0 Å². The summed E-state index contributed by atoms with van der Waals surface area (Å²) in [5.74, 6) is 0.398. The SMILES string of the molecule is CNCC(=O)N1CCSc2cccc(F)c21. The van der Waals surface area contributed by atoms with Crippen molar-refractivity contribution in [3.05, 3.63) is 24.0 Å². The van der Waals surface area contributed by atoms with Crippen molar-refractivity contribution in [1.82, 2.24) is 5.32 Å². The van der Waals surface area contributed by atoms with E-state index in [1.54, 1.807) is 24.9 Å². The molecular formula is C11H13FN2OS. The fourth-order valence-electron chi connectivity index (χ4n) is 1.73. The maximum Gasteiger partial charge on any atom is 0.241 e. The summed E-state index contributed by atoms with van der Waals surface area (Å²) >= 11 is 1.59. The molecule has 1 aliphatic heterocycles. The number of amides is 1. The maximum absolute atomic E-state index is 13.7. The molecule has 86 valence electrons. The molecule has 0 saturated carbocycles. The lowest BCUT2D eigenvalue weighted by Crippen LogP contribution is -2.40. The molecule has 0 spiro atoms. The van der Waals surface area contributed by atoms with Gasteiger partial charge in [0.05, 0.1) is 12.2 Å². The minimum atomic E-state index is -0.325. The Kier molecular flexibility index (Phi) is 3.46. The fourth-order valence-corrected chi connectivity index (χ4v) is 2.74. The minimum Gasteiger partial charge on any atom is -0.311 e. The molecule has 0 aliphatic carbocycles. The molecule has 5 heteroatoms. The molecule has 1 heterocycles. The van der Waals surface area contributed by atoms with Gasteiger partial charge in [-0.15, -0.1) is 11.8 Å². The zero-order chi connectivity index (χ0) is 11.5. The van der Waals surface area contributed by atoms with E-state index in [0.717, 1.165) is 10.6 Å². The number of fused-ring (bicyclic) bond motifs is 1. The van der Waals surface area contributed by atoms with Crippen LogP contribution in [0.5, 0.6) is 0 Å². The highest BCUT2D eigenvalue weighted by atomic mass is 32.2. The number of para-hydroxylation sites is 1. The van der Waals surface area contributed by atoms with Crippen molar-refractivity contribution < 1.29 is 9.18 Å². The van der Waals surface area contributed by atoms with E-state index < -0.39 is 0 Å². The third-order valence-corrected chi connectivity index (χ3v) is 3.45. The standard InChI is InChI=1S/C11H13FN2OS/c1-13-7-10(15)14-5-6-16-9-4-2-3-8(12)11(9)14/h2-4,13H,5-7H2,1H3. The average Bonchev–Trinajstić information content (AvgIpc) is 2.29. The molecule has 0 saturated heterocycles. The van der Waals surface area contributed by atoms with Crippen molar-refractivity contribution in [3.63, 3.8) is 0 Å². The third-order valence-electron chi connectivity index (χ3n) is 2.42. The molecule has 2 rings (SSSR count). The normalized spacial score (nSPS) is 14.8. The Morgan fingerprint density at radius 3 is 3.19 bits per heavy atom. The van der Waals surface area contributed by atoms with Crippen LogP contribution < -0.4 is 10.2 Å². The van der Waals surface area contributed by atoms with Gasteiger partial charge in [-0.3, -0.25) is 4.79 Å². The Hall–Kier alpha value is -1.07. The van der Waals surface area contributed by atoms with Crippen molar-refractivity contribution >= 4 is 23.4 Å². The van der Waals surface area contributed by atoms with Crippen LogP contribution in [0.4, 0.5) is 10.1 Å². The van der Waals surface area contributed by atoms with Crippen LogP contribution in [0.3, 0.4) is 0 Å². The van der Waals surface area contributed by atoms with E-state index in [1.165, 1.54) is 11.0 Å². The smallest absolute Gasteiger partial charge is 0.241 e. The lowest BCUT2D eigenvalue weighted by atomic mass is 10.2. The van der Waals surface area contributed by atoms with Gasteiger partial charge in [0.2, 0.25) is 5.91 Å². The maximum atomic E-state index is 13.7. The molecule has 1 aliphatic rings. The summed E-state index contributed by atoms with van der Waals surface area (Å²) in [5, 5.41) is 2.79. The van der Waals surface area contributed by atoms with E-state index in [1.807, 2.05) is 6.07 Å². The topological polar surface area (TPSA) is 32.3 Å². The summed E-state index contributed by atoms with van der Waals surface area (Å²) < 4.78 is 13.7. The van der Waals surface area contributed by atoms with Crippen LogP contribution in [0.15, 0.2) is 23.1 Å². The molecule has 1 aromatic carbocycles. The number of rotatable bonds is 2. The number of benzene rings is 1. The predicted molar refractivity (Wildman–Crippen MR) is 63.4 cm³/mol. The molecule has 3 nitrogen and oxygen atoms in total. The van der Waals surface area contributed by atoms with Crippen LogP contribution >= 0.6 is 11.8 Å². The first-order valence-electron chi connectivity index (χ1n) is 5.10. The Balaban J connectivity index is 2.35. The molecular weight excluding hydrogens is 227 g/mol. The number of carbonyl (C=O) groups is 1. The van der Waals surface area contributed by atoms with Crippen molar-refractivity contribution in [1.29, 1.82) is 0 Å². The summed E-state index contributed by atoms with van der Waals surface area (Å²) in [6, 6.07) is 4.92. The Labute approximate surface area is 98.0 Å². The van der Waals surface area contributed by atoms with E-state index in [2.05, 4.69) is 5.32 Å². The number of nitrogens with zero attached hydrogens (tertiary/aromatic N) is 1. The Morgan fingerprint density at radius 2 is 2.44 bits per heavy atom. The van der Waals surface area contributed by atoms with E-state index in [0.29, 0.717) is 12.2 Å². The number of anilines is 1. The van der Waals surface area contributed by atoms with Crippen LogP contribution in [0, 0.1) is 5.82 Å².